The molecular formula is C4H5NO4. The molecule has 0 aliphatic heterocycles. The molecule has 0 spiro atoms. The second-order valence-corrected chi connectivity index (χ2v) is 0.958. The molecule has 0 saturated heterocycles. The van der Waals surface area contributed by atoms with E-state index in [0.29, 0.717) is 0 Å². The Morgan fingerprint density at radius 1 is 1.56 bits per heavy atom. The van der Waals surface area contributed by atoms with Gasteiger partial charge in [-0.1, -0.05) is 0 Å². The molecule has 0 aliphatic rings. The van der Waals surface area contributed by atoms with Crippen molar-refractivity contribution in [3.8, 4) is 0 Å². The Balaban J connectivity index is 0.000000148. The molecule has 50 valence electrons. The highest BCUT2D eigenvalue weighted by molar-refractivity contribution is 5.53. The molecule has 9 heavy (non-hydrogen) atoms. The van der Waals surface area contributed by atoms with Crippen LogP contribution in [0, 0.1) is 0 Å². The summed E-state index contributed by atoms with van der Waals surface area (Å²) < 4.78 is 4.47. The van der Waals surface area contributed by atoms with E-state index in [4.69, 9.17) is 15.0 Å². The first kappa shape index (κ1) is 7.48. The molecule has 0 unspecified atom stereocenters. The van der Waals surface area contributed by atoms with E-state index >= 15 is 0 Å². The van der Waals surface area contributed by atoms with Crippen LogP contribution in [-0.4, -0.2) is 21.4 Å². The molecule has 5 nitrogen and oxygen atoms in total. The Morgan fingerprint density at radius 2 is 2.11 bits per heavy atom. The van der Waals surface area contributed by atoms with E-state index in [1.165, 1.54) is 12.7 Å². The van der Waals surface area contributed by atoms with Gasteiger partial charge >= 0.3 is 6.16 Å². The van der Waals surface area contributed by atoms with Gasteiger partial charge in [0.2, 0.25) is 0 Å². The van der Waals surface area contributed by atoms with Crippen LogP contribution in [0.1, 0.15) is 0 Å². The third-order valence-electron chi connectivity index (χ3n) is 0.347. The molecule has 0 bridgehead atoms. The average Bonchev–Trinajstić information content (AvgIpc) is 2.11. The Hall–Kier alpha value is -1.52. The molecule has 1 aromatic rings. The van der Waals surface area contributed by atoms with E-state index in [-0.39, 0.29) is 0 Å². The van der Waals surface area contributed by atoms with Crippen molar-refractivity contribution in [1.29, 1.82) is 0 Å². The van der Waals surface area contributed by atoms with Gasteiger partial charge in [-0.3, -0.25) is 0 Å². The predicted molar refractivity (Wildman–Crippen MR) is 27.2 cm³/mol. The van der Waals surface area contributed by atoms with Crippen molar-refractivity contribution in [3.05, 3.63) is 18.9 Å². The van der Waals surface area contributed by atoms with Gasteiger partial charge in [-0.2, -0.15) is 0 Å². The largest absolute Gasteiger partial charge is 0.503 e. The van der Waals surface area contributed by atoms with Gasteiger partial charge in [0.25, 0.3) is 0 Å². The van der Waals surface area contributed by atoms with Crippen molar-refractivity contribution in [3.63, 3.8) is 0 Å². The third kappa shape index (κ3) is 10.7. The summed E-state index contributed by atoms with van der Waals surface area (Å²) in [6.07, 6.45) is 2.64. The average molecular weight is 131 g/mol. The van der Waals surface area contributed by atoms with Gasteiger partial charge in [0.15, 0.2) is 6.39 Å². The van der Waals surface area contributed by atoms with E-state index in [2.05, 4.69) is 9.40 Å². The second kappa shape index (κ2) is 4.63. The van der Waals surface area contributed by atoms with Gasteiger partial charge in [-0.25, -0.2) is 9.78 Å². The van der Waals surface area contributed by atoms with Gasteiger partial charge in [-0.05, 0) is 0 Å². The summed E-state index contributed by atoms with van der Waals surface area (Å²) >= 11 is 0. The highest BCUT2D eigenvalue weighted by Crippen LogP contribution is 1.72. The van der Waals surface area contributed by atoms with Crippen LogP contribution >= 0.6 is 0 Å². The predicted octanol–water partition coefficient (Wildman–Crippen LogP) is 0.897. The number of oxazole rings is 1. The summed E-state index contributed by atoms with van der Waals surface area (Å²) in [5.41, 5.74) is 0. The molecule has 0 saturated carbocycles. The monoisotopic (exact) mass is 131 g/mol. The van der Waals surface area contributed by atoms with Crippen LogP contribution in [0.3, 0.4) is 0 Å². The van der Waals surface area contributed by atoms with Gasteiger partial charge in [0.1, 0.15) is 6.26 Å². The molecule has 0 aromatic carbocycles. The summed E-state index contributed by atoms with van der Waals surface area (Å²) in [6.45, 7) is 0. The van der Waals surface area contributed by atoms with Crippen LogP contribution in [0.2, 0.25) is 0 Å². The van der Waals surface area contributed by atoms with Crippen molar-refractivity contribution >= 4 is 6.16 Å². The molecule has 1 heterocycles. The molecule has 0 radical (unpaired) electrons. The SMILES string of the molecule is O=C(O)O.c1cocn1. The zero-order valence-corrected chi connectivity index (χ0v) is 4.39. The summed E-state index contributed by atoms with van der Waals surface area (Å²) in [5, 5.41) is 13.9. The lowest BCUT2D eigenvalue weighted by Gasteiger charge is -1.60. The van der Waals surface area contributed by atoms with Gasteiger partial charge in [-0.15, -0.1) is 0 Å². The van der Waals surface area contributed by atoms with Gasteiger partial charge in [0, 0.05) is 0 Å². The smallest absolute Gasteiger partial charge is 0.452 e. The normalized spacial score (nSPS) is 7.11. The third-order valence-corrected chi connectivity index (χ3v) is 0.347. The number of nitrogens with zero attached hydrogens (tertiary/aromatic N) is 1. The van der Waals surface area contributed by atoms with Crippen LogP contribution in [0.4, 0.5) is 4.79 Å². The zero-order chi connectivity index (χ0) is 7.11. The fourth-order valence-electron chi connectivity index (χ4n) is 0.176. The molecule has 0 atom stereocenters. The second-order valence-electron chi connectivity index (χ2n) is 0.958. The topological polar surface area (TPSA) is 83.6 Å². The minimum absolute atomic E-state index is 1.38. The number of carboxylic acid groups (broad SMARTS) is 2. The lowest BCUT2D eigenvalue weighted by molar-refractivity contribution is 0.137. The maximum Gasteiger partial charge on any atom is 0.503 e. The van der Waals surface area contributed by atoms with Crippen molar-refractivity contribution in [2.45, 2.75) is 0 Å². The molecular weight excluding hydrogens is 126 g/mol. The number of rotatable bonds is 0. The minimum Gasteiger partial charge on any atom is -0.452 e. The first-order valence-electron chi connectivity index (χ1n) is 1.97. The maximum atomic E-state index is 8.56. The fraction of sp³-hybridized carbons (Fsp3) is 0. The molecule has 1 rings (SSSR count). The fourth-order valence-corrected chi connectivity index (χ4v) is 0.176. The van der Waals surface area contributed by atoms with E-state index in [0.717, 1.165) is 0 Å². The lowest BCUT2D eigenvalue weighted by Crippen LogP contribution is -1.81. The first-order chi connectivity index (χ1) is 4.23. The van der Waals surface area contributed by atoms with Crippen LogP contribution in [-0.2, 0) is 0 Å². The Morgan fingerprint density at radius 3 is 2.22 bits per heavy atom. The molecule has 1 aromatic heterocycles. The standard InChI is InChI=1S/C3H3NO.CH2O3/c1-2-5-3-4-1;2-1(3)4/h1-3H;(H2,2,3,4). The quantitative estimate of drug-likeness (QED) is 0.546. The summed E-state index contributed by atoms with van der Waals surface area (Å²) in [7, 11) is 0. The molecule has 2 N–H and O–H groups in total. The summed E-state index contributed by atoms with van der Waals surface area (Å²) in [5.74, 6) is 0. The number of carbonyl (C=O) groups is 1. The van der Waals surface area contributed by atoms with Crippen LogP contribution in [0.25, 0.3) is 0 Å². The Bertz CT molecular complexity index is 126. The number of hydrogen-bond acceptors (Lipinski definition) is 3. The van der Waals surface area contributed by atoms with Crippen molar-refractivity contribution in [2.24, 2.45) is 0 Å². The Labute approximate surface area is 50.6 Å². The summed E-state index contributed by atoms with van der Waals surface area (Å²) in [6, 6.07) is 0. The van der Waals surface area contributed by atoms with Crippen molar-refractivity contribution < 1.29 is 19.4 Å². The lowest BCUT2D eigenvalue weighted by atomic mass is 11.0. The molecule has 0 fully saturated rings. The van der Waals surface area contributed by atoms with E-state index in [1.54, 1.807) is 6.20 Å². The van der Waals surface area contributed by atoms with E-state index in [9.17, 15) is 0 Å². The number of aromatic nitrogens is 1. The molecule has 5 heteroatoms. The molecule has 0 aliphatic carbocycles. The van der Waals surface area contributed by atoms with Crippen LogP contribution in [0.15, 0.2) is 23.3 Å². The van der Waals surface area contributed by atoms with Crippen LogP contribution < -0.4 is 0 Å². The highest BCUT2D eigenvalue weighted by atomic mass is 16.6. The van der Waals surface area contributed by atoms with Crippen molar-refractivity contribution in [1.82, 2.24) is 4.98 Å². The Kier molecular flexibility index (Phi) is 3.85. The maximum absolute atomic E-state index is 8.56. The highest BCUT2D eigenvalue weighted by Gasteiger charge is 1.70. The first-order valence-corrected chi connectivity index (χ1v) is 1.97. The van der Waals surface area contributed by atoms with E-state index < -0.39 is 6.16 Å². The summed E-state index contributed by atoms with van der Waals surface area (Å²) in [4.78, 5) is 12.1. The zero-order valence-electron chi connectivity index (χ0n) is 4.39. The van der Waals surface area contributed by atoms with Gasteiger partial charge < -0.3 is 14.6 Å². The minimum atomic E-state index is -1.83. The number of hydrogen-bond donors (Lipinski definition) is 2. The van der Waals surface area contributed by atoms with Gasteiger partial charge in [0.05, 0.1) is 6.20 Å². The van der Waals surface area contributed by atoms with Crippen LogP contribution in [0.5, 0.6) is 0 Å². The van der Waals surface area contributed by atoms with Crippen molar-refractivity contribution in [2.75, 3.05) is 0 Å². The van der Waals surface area contributed by atoms with E-state index in [1.807, 2.05) is 0 Å². The molecule has 0 amide bonds.